The number of halogens is 3. The van der Waals surface area contributed by atoms with Gasteiger partial charge < -0.3 is 10.7 Å². The normalized spacial score (nSPS) is 21.2. The van der Waals surface area contributed by atoms with Crippen molar-refractivity contribution >= 4 is 10.9 Å². The highest BCUT2D eigenvalue weighted by Gasteiger charge is 2.39. The van der Waals surface area contributed by atoms with Crippen LogP contribution in [-0.4, -0.2) is 21.3 Å². The summed E-state index contributed by atoms with van der Waals surface area (Å²) in [5.41, 5.74) is 6.21. The van der Waals surface area contributed by atoms with Gasteiger partial charge in [0, 0.05) is 23.5 Å². The Hall–Kier alpha value is -2.28. The van der Waals surface area contributed by atoms with Crippen LogP contribution >= 0.6 is 0 Å². The van der Waals surface area contributed by atoms with E-state index in [1.165, 1.54) is 10.9 Å². The Bertz CT molecular complexity index is 871. The molecule has 0 radical (unpaired) electrons. The molecule has 0 unspecified atom stereocenters. The van der Waals surface area contributed by atoms with E-state index in [9.17, 15) is 13.2 Å². The van der Waals surface area contributed by atoms with Crippen molar-refractivity contribution < 1.29 is 13.2 Å². The van der Waals surface area contributed by atoms with Crippen LogP contribution in [-0.2, 0) is 6.18 Å². The van der Waals surface area contributed by atoms with Crippen LogP contribution in [0.5, 0.6) is 0 Å². The lowest BCUT2D eigenvalue weighted by atomic mass is 9.80. The van der Waals surface area contributed by atoms with E-state index in [1.54, 1.807) is 18.3 Å². The second kappa shape index (κ2) is 5.37. The summed E-state index contributed by atoms with van der Waals surface area (Å²) in [6.07, 6.45) is 0.367. The number of alkyl halides is 3. The van der Waals surface area contributed by atoms with E-state index < -0.39 is 11.9 Å². The Morgan fingerprint density at radius 1 is 1.25 bits per heavy atom. The van der Waals surface area contributed by atoms with Gasteiger partial charge in [-0.2, -0.15) is 18.3 Å². The molecule has 1 fully saturated rings. The lowest BCUT2D eigenvalue weighted by Gasteiger charge is -2.34. The summed E-state index contributed by atoms with van der Waals surface area (Å²) in [6.45, 7) is 0.570. The molecule has 3 aromatic rings. The van der Waals surface area contributed by atoms with Gasteiger partial charge in [-0.3, -0.25) is 4.68 Å². The fraction of sp³-hybridized carbons (Fsp3) is 0.353. The van der Waals surface area contributed by atoms with Gasteiger partial charge in [-0.05, 0) is 48.4 Å². The Kier molecular flexibility index (Phi) is 3.42. The molecule has 1 aliphatic rings. The first-order valence-corrected chi connectivity index (χ1v) is 7.89. The maximum Gasteiger partial charge on any atom is 0.435 e. The fourth-order valence-corrected chi connectivity index (χ4v) is 3.32. The van der Waals surface area contributed by atoms with Gasteiger partial charge in [0.1, 0.15) is 0 Å². The number of aromatic nitrogens is 3. The molecule has 24 heavy (non-hydrogen) atoms. The molecule has 0 amide bonds. The molecule has 126 valence electrons. The van der Waals surface area contributed by atoms with Gasteiger partial charge in [-0.25, -0.2) is 0 Å². The average molecular weight is 334 g/mol. The molecule has 1 aliphatic carbocycles. The third-order valence-electron chi connectivity index (χ3n) is 4.78. The highest BCUT2D eigenvalue weighted by molar-refractivity contribution is 5.85. The number of benzene rings is 1. The Morgan fingerprint density at radius 3 is 2.75 bits per heavy atom. The Labute approximate surface area is 136 Å². The second-order valence-electron chi connectivity index (χ2n) is 6.38. The van der Waals surface area contributed by atoms with E-state index in [1.807, 2.05) is 12.1 Å². The van der Waals surface area contributed by atoms with Crippen LogP contribution in [0.1, 0.15) is 24.6 Å². The average Bonchev–Trinajstić information content (AvgIpc) is 3.11. The predicted molar refractivity (Wildman–Crippen MR) is 85.3 cm³/mol. The van der Waals surface area contributed by atoms with Gasteiger partial charge in [0.15, 0.2) is 5.69 Å². The van der Waals surface area contributed by atoms with Crippen molar-refractivity contribution in [3.63, 3.8) is 0 Å². The van der Waals surface area contributed by atoms with Crippen LogP contribution in [0.25, 0.3) is 22.0 Å². The zero-order valence-corrected chi connectivity index (χ0v) is 12.8. The monoisotopic (exact) mass is 334 g/mol. The Balaban J connectivity index is 1.76. The summed E-state index contributed by atoms with van der Waals surface area (Å²) in [5.74, 6) is 0.382. The fourth-order valence-electron chi connectivity index (χ4n) is 3.32. The van der Waals surface area contributed by atoms with Gasteiger partial charge in [0.05, 0.1) is 6.04 Å². The number of nitrogens with one attached hydrogen (secondary N) is 1. The van der Waals surface area contributed by atoms with Crippen LogP contribution in [0.3, 0.4) is 0 Å². The number of hydrogen-bond donors (Lipinski definition) is 2. The highest BCUT2D eigenvalue weighted by Crippen LogP contribution is 2.41. The zero-order chi connectivity index (χ0) is 16.9. The van der Waals surface area contributed by atoms with Crippen molar-refractivity contribution in [2.75, 3.05) is 6.54 Å². The van der Waals surface area contributed by atoms with Crippen molar-refractivity contribution in [1.82, 2.24) is 14.8 Å². The molecule has 0 aliphatic heterocycles. The maximum absolute atomic E-state index is 13.4. The van der Waals surface area contributed by atoms with E-state index in [4.69, 9.17) is 5.73 Å². The van der Waals surface area contributed by atoms with Gasteiger partial charge >= 0.3 is 6.18 Å². The van der Waals surface area contributed by atoms with Crippen LogP contribution in [0.4, 0.5) is 13.2 Å². The minimum atomic E-state index is -4.48. The topological polar surface area (TPSA) is 59.6 Å². The number of nitrogens with two attached hydrogens (primary N) is 1. The van der Waals surface area contributed by atoms with Gasteiger partial charge in [-0.1, -0.05) is 12.1 Å². The summed E-state index contributed by atoms with van der Waals surface area (Å²) >= 11 is 0. The third kappa shape index (κ3) is 2.49. The molecule has 4 nitrogen and oxygen atoms in total. The summed E-state index contributed by atoms with van der Waals surface area (Å²) < 4.78 is 41.7. The quantitative estimate of drug-likeness (QED) is 0.762. The molecule has 2 heterocycles. The first kappa shape index (κ1) is 15.3. The lowest BCUT2D eigenvalue weighted by molar-refractivity contribution is -0.141. The van der Waals surface area contributed by atoms with Crippen molar-refractivity contribution in [3.05, 3.63) is 42.4 Å². The SMILES string of the molecule is NCC1CC(n2cc(-c3ccc4cc[nH]c4c3)c(C(F)(F)F)n2)C1. The zero-order valence-electron chi connectivity index (χ0n) is 12.8. The van der Waals surface area contributed by atoms with E-state index in [-0.39, 0.29) is 11.6 Å². The minimum absolute atomic E-state index is 0.00242. The van der Waals surface area contributed by atoms with Gasteiger partial charge in [0.2, 0.25) is 0 Å². The lowest BCUT2D eigenvalue weighted by Crippen LogP contribution is -2.32. The minimum Gasteiger partial charge on any atom is -0.361 e. The predicted octanol–water partition coefficient (Wildman–Crippen LogP) is 3.96. The second-order valence-corrected chi connectivity index (χ2v) is 6.38. The summed E-state index contributed by atoms with van der Waals surface area (Å²) in [6, 6.07) is 7.13. The largest absolute Gasteiger partial charge is 0.435 e. The van der Waals surface area contributed by atoms with Crippen LogP contribution in [0.2, 0.25) is 0 Å². The Morgan fingerprint density at radius 2 is 2.04 bits per heavy atom. The molecule has 7 heteroatoms. The number of aromatic amines is 1. The third-order valence-corrected chi connectivity index (χ3v) is 4.78. The van der Waals surface area contributed by atoms with Crippen LogP contribution in [0.15, 0.2) is 36.7 Å². The summed E-state index contributed by atoms with van der Waals surface area (Å²) in [4.78, 5) is 3.03. The van der Waals surface area contributed by atoms with E-state index in [0.29, 0.717) is 18.0 Å². The van der Waals surface area contributed by atoms with E-state index in [2.05, 4.69) is 10.1 Å². The van der Waals surface area contributed by atoms with Crippen molar-refractivity contribution in [2.45, 2.75) is 25.1 Å². The number of fused-ring (bicyclic) bond motifs is 1. The molecule has 0 atom stereocenters. The van der Waals surface area contributed by atoms with Gasteiger partial charge in [0.25, 0.3) is 0 Å². The van der Waals surface area contributed by atoms with Crippen molar-refractivity contribution in [3.8, 4) is 11.1 Å². The van der Waals surface area contributed by atoms with Gasteiger partial charge in [-0.15, -0.1) is 0 Å². The number of hydrogen-bond acceptors (Lipinski definition) is 2. The molecule has 0 bridgehead atoms. The number of nitrogens with zero attached hydrogens (tertiary/aromatic N) is 2. The summed E-state index contributed by atoms with van der Waals surface area (Å²) in [5, 5.41) is 4.82. The first-order valence-electron chi connectivity index (χ1n) is 7.89. The number of rotatable bonds is 3. The highest BCUT2D eigenvalue weighted by atomic mass is 19.4. The molecule has 1 saturated carbocycles. The standard InChI is InChI=1S/C17H17F3N4/c18-17(19,20)16-14(9-24(23-16)13-5-10(6-13)8-21)12-2-1-11-3-4-22-15(11)7-12/h1-4,7,9-10,13,22H,5-6,8,21H2. The maximum atomic E-state index is 13.4. The van der Waals surface area contributed by atoms with E-state index >= 15 is 0 Å². The molecule has 0 spiro atoms. The summed E-state index contributed by atoms with van der Waals surface area (Å²) in [7, 11) is 0. The van der Waals surface area contributed by atoms with E-state index in [0.717, 1.165) is 23.7 Å². The molecular weight excluding hydrogens is 317 g/mol. The van der Waals surface area contributed by atoms with Crippen LogP contribution < -0.4 is 5.73 Å². The van der Waals surface area contributed by atoms with Crippen molar-refractivity contribution in [1.29, 1.82) is 0 Å². The molecule has 2 aromatic heterocycles. The number of H-pyrrole nitrogens is 1. The van der Waals surface area contributed by atoms with Crippen LogP contribution in [0, 0.1) is 5.92 Å². The molecule has 3 N–H and O–H groups in total. The molecular formula is C17H17F3N4. The van der Waals surface area contributed by atoms with Crippen molar-refractivity contribution in [2.24, 2.45) is 11.7 Å². The molecule has 4 rings (SSSR count). The molecule has 1 aromatic carbocycles. The smallest absolute Gasteiger partial charge is 0.361 e. The first-order chi connectivity index (χ1) is 11.5. The molecule has 0 saturated heterocycles.